The Morgan fingerprint density at radius 3 is 2.50 bits per heavy atom. The SMILES string of the molecule is COc1ccc([C@H](N)[C@H](O)C2CCC2)c(O)c1.Cl. The highest BCUT2D eigenvalue weighted by Crippen LogP contribution is 2.37. The Kier molecular flexibility index (Phi) is 5.26. The number of nitrogens with two attached hydrogens (primary N) is 1. The molecule has 1 aliphatic rings. The van der Waals surface area contributed by atoms with Gasteiger partial charge in [0.2, 0.25) is 0 Å². The first-order chi connectivity index (χ1) is 8.13. The number of halogens is 1. The van der Waals surface area contributed by atoms with E-state index in [-0.39, 0.29) is 24.1 Å². The van der Waals surface area contributed by atoms with Crippen LogP contribution in [0.25, 0.3) is 0 Å². The number of aromatic hydroxyl groups is 1. The quantitative estimate of drug-likeness (QED) is 0.784. The number of aliphatic hydroxyl groups excluding tert-OH is 1. The van der Waals surface area contributed by atoms with Crippen LogP contribution < -0.4 is 10.5 Å². The van der Waals surface area contributed by atoms with Crippen LogP contribution in [0.4, 0.5) is 0 Å². The highest BCUT2D eigenvalue weighted by molar-refractivity contribution is 5.85. The van der Waals surface area contributed by atoms with E-state index in [4.69, 9.17) is 10.5 Å². The summed E-state index contributed by atoms with van der Waals surface area (Å²) in [6, 6.07) is 4.43. The Hall–Kier alpha value is -0.970. The number of rotatable bonds is 4. The Morgan fingerprint density at radius 2 is 2.06 bits per heavy atom. The molecule has 2 rings (SSSR count). The van der Waals surface area contributed by atoms with Crippen LogP contribution in [0, 0.1) is 5.92 Å². The first kappa shape index (κ1) is 15.1. The van der Waals surface area contributed by atoms with E-state index in [0.717, 1.165) is 19.3 Å². The van der Waals surface area contributed by atoms with Crippen molar-refractivity contribution in [1.29, 1.82) is 0 Å². The Morgan fingerprint density at radius 1 is 1.39 bits per heavy atom. The molecule has 0 spiro atoms. The Bertz CT molecular complexity index is 396. The molecule has 0 aliphatic heterocycles. The third-order valence-corrected chi connectivity index (χ3v) is 3.60. The van der Waals surface area contributed by atoms with Crippen molar-refractivity contribution in [3.63, 3.8) is 0 Å². The predicted molar refractivity (Wildman–Crippen MR) is 72.2 cm³/mol. The van der Waals surface area contributed by atoms with Crippen molar-refractivity contribution in [3.05, 3.63) is 23.8 Å². The summed E-state index contributed by atoms with van der Waals surface area (Å²) in [7, 11) is 1.54. The fraction of sp³-hybridized carbons (Fsp3) is 0.538. The maximum absolute atomic E-state index is 10.1. The van der Waals surface area contributed by atoms with Crippen LogP contribution in [0.1, 0.15) is 30.9 Å². The van der Waals surface area contributed by atoms with E-state index in [1.807, 2.05) is 0 Å². The van der Waals surface area contributed by atoms with Gasteiger partial charge in [-0.2, -0.15) is 0 Å². The normalized spacial score (nSPS) is 18.4. The molecule has 1 aromatic rings. The minimum absolute atomic E-state index is 0. The lowest BCUT2D eigenvalue weighted by Crippen LogP contribution is -2.36. The summed E-state index contributed by atoms with van der Waals surface area (Å²) >= 11 is 0. The zero-order valence-corrected chi connectivity index (χ0v) is 11.2. The van der Waals surface area contributed by atoms with Crippen molar-refractivity contribution in [2.45, 2.75) is 31.4 Å². The number of phenols is 1. The smallest absolute Gasteiger partial charge is 0.124 e. The average Bonchev–Trinajstić information content (AvgIpc) is 2.25. The van der Waals surface area contributed by atoms with Crippen LogP contribution in [0.2, 0.25) is 0 Å². The first-order valence-electron chi connectivity index (χ1n) is 5.94. The zero-order valence-electron chi connectivity index (χ0n) is 10.4. The van der Waals surface area contributed by atoms with E-state index in [9.17, 15) is 10.2 Å². The molecule has 0 unspecified atom stereocenters. The minimum Gasteiger partial charge on any atom is -0.507 e. The zero-order chi connectivity index (χ0) is 12.4. The fourth-order valence-corrected chi connectivity index (χ4v) is 2.19. The molecule has 1 aliphatic carbocycles. The highest BCUT2D eigenvalue weighted by Gasteiger charge is 2.31. The summed E-state index contributed by atoms with van der Waals surface area (Å²) < 4.78 is 5.01. The molecule has 0 aromatic heterocycles. The summed E-state index contributed by atoms with van der Waals surface area (Å²) in [5.74, 6) is 0.929. The van der Waals surface area contributed by atoms with Crippen molar-refractivity contribution in [2.24, 2.45) is 11.7 Å². The number of methoxy groups -OCH3 is 1. The van der Waals surface area contributed by atoms with Gasteiger partial charge < -0.3 is 20.7 Å². The second-order valence-corrected chi connectivity index (χ2v) is 4.63. The molecule has 18 heavy (non-hydrogen) atoms. The molecule has 0 amide bonds. The summed E-state index contributed by atoms with van der Waals surface area (Å²) in [6.45, 7) is 0. The highest BCUT2D eigenvalue weighted by atomic mass is 35.5. The molecule has 0 radical (unpaired) electrons. The van der Waals surface area contributed by atoms with E-state index in [1.165, 1.54) is 13.2 Å². The van der Waals surface area contributed by atoms with Gasteiger partial charge in [-0.3, -0.25) is 0 Å². The third-order valence-electron chi connectivity index (χ3n) is 3.60. The van der Waals surface area contributed by atoms with E-state index < -0.39 is 12.1 Å². The van der Waals surface area contributed by atoms with Crippen LogP contribution in [0.15, 0.2) is 18.2 Å². The van der Waals surface area contributed by atoms with Crippen LogP contribution >= 0.6 is 12.4 Å². The lowest BCUT2D eigenvalue weighted by atomic mass is 9.77. The van der Waals surface area contributed by atoms with Gasteiger partial charge in [0.05, 0.1) is 19.3 Å². The van der Waals surface area contributed by atoms with Gasteiger partial charge in [-0.05, 0) is 30.9 Å². The number of ether oxygens (including phenoxy) is 1. The van der Waals surface area contributed by atoms with Gasteiger partial charge in [-0.25, -0.2) is 0 Å². The first-order valence-corrected chi connectivity index (χ1v) is 5.94. The molecule has 0 saturated heterocycles. The van der Waals surface area contributed by atoms with Crippen LogP contribution in [0.5, 0.6) is 11.5 Å². The second-order valence-electron chi connectivity index (χ2n) is 4.63. The van der Waals surface area contributed by atoms with Crippen LogP contribution in [0.3, 0.4) is 0 Å². The van der Waals surface area contributed by atoms with Crippen molar-refractivity contribution >= 4 is 12.4 Å². The van der Waals surface area contributed by atoms with Crippen molar-refractivity contribution < 1.29 is 14.9 Å². The molecule has 2 atom stereocenters. The van der Waals surface area contributed by atoms with Crippen molar-refractivity contribution in [1.82, 2.24) is 0 Å². The van der Waals surface area contributed by atoms with Gasteiger partial charge in [0.25, 0.3) is 0 Å². The largest absolute Gasteiger partial charge is 0.507 e. The van der Waals surface area contributed by atoms with Crippen molar-refractivity contribution in [3.8, 4) is 11.5 Å². The maximum atomic E-state index is 10.1. The molecule has 102 valence electrons. The summed E-state index contributed by atoms with van der Waals surface area (Å²) in [4.78, 5) is 0. The molecule has 1 aromatic carbocycles. The molecule has 0 heterocycles. The average molecular weight is 274 g/mol. The standard InChI is InChI=1S/C13H19NO3.ClH/c1-17-9-5-6-10(11(15)7-9)12(14)13(16)8-3-2-4-8;/h5-8,12-13,15-16H,2-4,14H2,1H3;1H/t12-,13+;/m0./s1. The molecular weight excluding hydrogens is 254 g/mol. The number of hydrogen-bond acceptors (Lipinski definition) is 4. The predicted octanol–water partition coefficient (Wildman–Crippen LogP) is 1.98. The van der Waals surface area contributed by atoms with E-state index in [2.05, 4.69) is 0 Å². The van der Waals surface area contributed by atoms with Gasteiger partial charge >= 0.3 is 0 Å². The fourth-order valence-electron chi connectivity index (χ4n) is 2.19. The lowest BCUT2D eigenvalue weighted by molar-refractivity contribution is 0.0407. The van der Waals surface area contributed by atoms with Gasteiger partial charge in [0.15, 0.2) is 0 Å². The molecule has 0 bridgehead atoms. The molecule has 5 heteroatoms. The molecular formula is C13H20ClNO3. The monoisotopic (exact) mass is 273 g/mol. The topological polar surface area (TPSA) is 75.7 Å². The summed E-state index contributed by atoms with van der Waals surface area (Å²) in [5, 5.41) is 19.9. The van der Waals surface area contributed by atoms with Gasteiger partial charge in [0.1, 0.15) is 11.5 Å². The summed E-state index contributed by atoms with van der Waals surface area (Å²) in [6.07, 6.45) is 2.61. The van der Waals surface area contributed by atoms with E-state index >= 15 is 0 Å². The van der Waals surface area contributed by atoms with Gasteiger partial charge in [-0.1, -0.05) is 6.42 Å². The number of hydrogen-bond donors (Lipinski definition) is 3. The van der Waals surface area contributed by atoms with Gasteiger partial charge in [-0.15, -0.1) is 12.4 Å². The van der Waals surface area contributed by atoms with Gasteiger partial charge in [0, 0.05) is 11.6 Å². The Labute approximate surface area is 113 Å². The number of benzene rings is 1. The number of phenolic OH excluding ortho intramolecular Hbond substituents is 1. The van der Waals surface area contributed by atoms with E-state index in [1.54, 1.807) is 12.1 Å². The van der Waals surface area contributed by atoms with E-state index in [0.29, 0.717) is 11.3 Å². The summed E-state index contributed by atoms with van der Waals surface area (Å²) in [5.41, 5.74) is 6.56. The second kappa shape index (κ2) is 6.27. The Balaban J connectivity index is 0.00000162. The minimum atomic E-state index is -0.581. The lowest BCUT2D eigenvalue weighted by Gasteiger charge is -2.34. The number of aliphatic hydroxyl groups is 1. The molecule has 4 nitrogen and oxygen atoms in total. The van der Waals surface area contributed by atoms with Crippen LogP contribution in [-0.4, -0.2) is 23.4 Å². The molecule has 4 N–H and O–H groups in total. The van der Waals surface area contributed by atoms with Crippen molar-refractivity contribution in [2.75, 3.05) is 7.11 Å². The molecule has 1 fully saturated rings. The van der Waals surface area contributed by atoms with Crippen LogP contribution in [-0.2, 0) is 0 Å². The third kappa shape index (κ3) is 2.88. The molecule has 1 saturated carbocycles. The maximum Gasteiger partial charge on any atom is 0.124 e.